The van der Waals surface area contributed by atoms with Gasteiger partial charge in [0, 0.05) is 0 Å². The summed E-state index contributed by atoms with van der Waals surface area (Å²) in [7, 11) is 0. The Labute approximate surface area is 77.4 Å². The van der Waals surface area contributed by atoms with Gasteiger partial charge in [0.15, 0.2) is 0 Å². The molecule has 2 heteroatoms. The van der Waals surface area contributed by atoms with E-state index in [1.54, 1.807) is 24.3 Å². The van der Waals surface area contributed by atoms with Crippen LogP contribution in [0.3, 0.4) is 0 Å². The molecule has 64 valence electrons. The first-order valence-corrected chi connectivity index (χ1v) is 3.81. The molecule has 0 radical (unpaired) electrons. The number of aliphatic hydroxyl groups is 1. The van der Waals surface area contributed by atoms with Crippen LogP contribution in [0, 0.1) is 23.7 Å². The van der Waals surface area contributed by atoms with Gasteiger partial charge in [0.05, 0.1) is 11.6 Å². The summed E-state index contributed by atoms with van der Waals surface area (Å²) in [5.74, 6) is 2.26. The summed E-state index contributed by atoms with van der Waals surface area (Å²) < 4.78 is 0. The second kappa shape index (κ2) is 3.31. The van der Waals surface area contributed by atoms with Crippen molar-refractivity contribution in [3.63, 3.8) is 0 Å². The lowest BCUT2D eigenvalue weighted by Crippen LogP contribution is -2.17. The third-order valence-corrected chi connectivity index (χ3v) is 1.83. The number of hydrogen-bond acceptors (Lipinski definition) is 2. The lowest BCUT2D eigenvalue weighted by Gasteiger charge is -2.16. The van der Waals surface area contributed by atoms with E-state index < -0.39 is 5.60 Å². The van der Waals surface area contributed by atoms with Crippen molar-refractivity contribution in [2.75, 3.05) is 0 Å². The molecule has 0 bridgehead atoms. The van der Waals surface area contributed by atoms with Crippen LogP contribution in [-0.2, 0) is 5.60 Å². The highest BCUT2D eigenvalue weighted by molar-refractivity contribution is 5.38. The average Bonchev–Trinajstić information content (AvgIpc) is 2.18. The lowest BCUT2D eigenvalue weighted by atomic mass is 9.96. The van der Waals surface area contributed by atoms with E-state index in [-0.39, 0.29) is 0 Å². The molecule has 0 aromatic heterocycles. The fourth-order valence-electron chi connectivity index (χ4n) is 0.975. The van der Waals surface area contributed by atoms with Crippen LogP contribution in [0.5, 0.6) is 0 Å². The van der Waals surface area contributed by atoms with Crippen molar-refractivity contribution in [3.8, 4) is 18.4 Å². The Kier molecular flexibility index (Phi) is 2.37. The summed E-state index contributed by atoms with van der Waals surface area (Å²) >= 11 is 0. The van der Waals surface area contributed by atoms with Crippen molar-refractivity contribution in [2.24, 2.45) is 0 Å². The monoisotopic (exact) mass is 171 g/mol. The summed E-state index contributed by atoms with van der Waals surface area (Å²) in [5.41, 5.74) is -0.241. The van der Waals surface area contributed by atoms with Crippen molar-refractivity contribution < 1.29 is 5.11 Å². The van der Waals surface area contributed by atoms with E-state index in [1.807, 2.05) is 6.07 Å². The van der Waals surface area contributed by atoms with Gasteiger partial charge >= 0.3 is 0 Å². The van der Waals surface area contributed by atoms with E-state index in [0.29, 0.717) is 11.1 Å². The van der Waals surface area contributed by atoms with E-state index in [1.165, 1.54) is 6.92 Å². The van der Waals surface area contributed by atoms with Crippen LogP contribution in [-0.4, -0.2) is 5.11 Å². The van der Waals surface area contributed by atoms with E-state index >= 15 is 0 Å². The van der Waals surface area contributed by atoms with E-state index in [9.17, 15) is 5.11 Å². The minimum absolute atomic E-state index is 0.494. The van der Waals surface area contributed by atoms with Crippen LogP contribution in [0.25, 0.3) is 0 Å². The number of rotatable bonds is 1. The Morgan fingerprint density at radius 1 is 1.54 bits per heavy atom. The molecule has 1 aromatic carbocycles. The summed E-state index contributed by atoms with van der Waals surface area (Å²) in [4.78, 5) is 0. The van der Waals surface area contributed by atoms with Crippen molar-refractivity contribution in [1.29, 1.82) is 5.26 Å². The molecule has 1 unspecified atom stereocenters. The quantitative estimate of drug-likeness (QED) is 0.649. The Bertz CT molecular complexity index is 393. The maximum atomic E-state index is 9.67. The van der Waals surface area contributed by atoms with Gasteiger partial charge in [0.1, 0.15) is 5.60 Å². The summed E-state index contributed by atoms with van der Waals surface area (Å²) in [6.45, 7) is 1.52. The van der Waals surface area contributed by atoms with E-state index in [2.05, 4.69) is 5.92 Å². The number of nitrogens with zero attached hydrogens (tertiary/aromatic N) is 1. The highest BCUT2D eigenvalue weighted by Gasteiger charge is 2.19. The molecular formula is C11H9NO. The smallest absolute Gasteiger partial charge is 0.147 e. The first kappa shape index (κ1) is 9.32. The van der Waals surface area contributed by atoms with Crippen LogP contribution in [0.1, 0.15) is 18.1 Å². The minimum atomic E-state index is -1.30. The second-order valence-electron chi connectivity index (χ2n) is 2.91. The predicted octanol–water partition coefficient (Wildman–Crippen LogP) is 1.40. The Hall–Kier alpha value is -1.77. The minimum Gasteiger partial charge on any atom is -0.374 e. The molecule has 0 spiro atoms. The molecule has 0 aliphatic carbocycles. The molecule has 1 atom stereocenters. The number of terminal acetylenes is 1. The van der Waals surface area contributed by atoms with Crippen molar-refractivity contribution in [1.82, 2.24) is 0 Å². The van der Waals surface area contributed by atoms with Crippen molar-refractivity contribution in [2.45, 2.75) is 12.5 Å². The van der Waals surface area contributed by atoms with E-state index in [4.69, 9.17) is 11.7 Å². The Morgan fingerprint density at radius 2 is 2.23 bits per heavy atom. The summed E-state index contributed by atoms with van der Waals surface area (Å²) in [6, 6.07) is 8.62. The van der Waals surface area contributed by atoms with Gasteiger partial charge in [-0.2, -0.15) is 5.26 Å². The molecule has 0 saturated carbocycles. The molecule has 13 heavy (non-hydrogen) atoms. The normalized spacial score (nSPS) is 13.8. The second-order valence-corrected chi connectivity index (χ2v) is 2.91. The molecule has 2 nitrogen and oxygen atoms in total. The average molecular weight is 171 g/mol. The molecule has 1 aromatic rings. The molecule has 1 N–H and O–H groups in total. The molecular weight excluding hydrogens is 162 g/mol. The maximum Gasteiger partial charge on any atom is 0.147 e. The van der Waals surface area contributed by atoms with Gasteiger partial charge in [-0.15, -0.1) is 6.42 Å². The van der Waals surface area contributed by atoms with Crippen LogP contribution in [0.4, 0.5) is 0 Å². The largest absolute Gasteiger partial charge is 0.374 e. The standard InChI is InChI=1S/C11H9NO/c1-3-11(2,13)10-6-4-5-9(7-10)8-12/h1,4-7,13H,2H3. The topological polar surface area (TPSA) is 44.0 Å². The fraction of sp³-hybridized carbons (Fsp3) is 0.182. The molecule has 0 heterocycles. The van der Waals surface area contributed by atoms with Gasteiger partial charge in [-0.25, -0.2) is 0 Å². The maximum absolute atomic E-state index is 9.67. The Morgan fingerprint density at radius 3 is 2.77 bits per heavy atom. The van der Waals surface area contributed by atoms with Gasteiger partial charge < -0.3 is 5.11 Å². The number of hydrogen-bond donors (Lipinski definition) is 1. The molecule has 0 aliphatic heterocycles. The van der Waals surface area contributed by atoms with Gasteiger partial charge in [-0.3, -0.25) is 0 Å². The summed E-state index contributed by atoms with van der Waals surface area (Å²) in [5, 5.41) is 18.3. The predicted molar refractivity (Wildman–Crippen MR) is 49.6 cm³/mol. The zero-order chi connectivity index (χ0) is 9.90. The zero-order valence-electron chi connectivity index (χ0n) is 7.28. The van der Waals surface area contributed by atoms with Crippen LogP contribution in [0.15, 0.2) is 24.3 Å². The highest BCUT2D eigenvalue weighted by atomic mass is 16.3. The van der Waals surface area contributed by atoms with Gasteiger partial charge in [-0.1, -0.05) is 18.1 Å². The van der Waals surface area contributed by atoms with Crippen molar-refractivity contribution >= 4 is 0 Å². The molecule has 1 rings (SSSR count). The number of benzene rings is 1. The highest BCUT2D eigenvalue weighted by Crippen LogP contribution is 2.19. The molecule has 0 saturated heterocycles. The van der Waals surface area contributed by atoms with Crippen molar-refractivity contribution in [3.05, 3.63) is 35.4 Å². The zero-order valence-corrected chi connectivity index (χ0v) is 7.28. The van der Waals surface area contributed by atoms with Gasteiger partial charge in [-0.05, 0) is 24.6 Å². The number of nitriles is 1. The van der Waals surface area contributed by atoms with Crippen LogP contribution < -0.4 is 0 Å². The fourth-order valence-corrected chi connectivity index (χ4v) is 0.975. The molecule has 0 aliphatic rings. The first-order chi connectivity index (χ1) is 6.10. The first-order valence-electron chi connectivity index (χ1n) is 3.81. The summed E-state index contributed by atoms with van der Waals surface area (Å²) in [6.07, 6.45) is 5.15. The third kappa shape index (κ3) is 1.87. The SMILES string of the molecule is C#CC(C)(O)c1cccc(C#N)c1. The third-order valence-electron chi connectivity index (χ3n) is 1.83. The molecule has 0 amide bonds. The Balaban J connectivity index is 3.20. The van der Waals surface area contributed by atoms with E-state index in [0.717, 1.165) is 0 Å². The van der Waals surface area contributed by atoms with Gasteiger partial charge in [0.2, 0.25) is 0 Å². The molecule has 0 fully saturated rings. The van der Waals surface area contributed by atoms with Crippen LogP contribution in [0.2, 0.25) is 0 Å². The van der Waals surface area contributed by atoms with Crippen LogP contribution >= 0.6 is 0 Å². The van der Waals surface area contributed by atoms with Gasteiger partial charge in [0.25, 0.3) is 0 Å². The lowest BCUT2D eigenvalue weighted by molar-refractivity contribution is 0.122.